The summed E-state index contributed by atoms with van der Waals surface area (Å²) in [6.07, 6.45) is 1.72. The average molecular weight is 342 g/mol. The Labute approximate surface area is 142 Å². The SMILES string of the molecule is CC(C)(C)c1cc(Oc2nccs2)cc(C(C)(C)C)c1O.Cl. The van der Waals surface area contributed by atoms with Crippen LogP contribution in [-0.2, 0) is 10.8 Å². The molecule has 0 aliphatic heterocycles. The van der Waals surface area contributed by atoms with Crippen LogP contribution in [-0.4, -0.2) is 10.1 Å². The summed E-state index contributed by atoms with van der Waals surface area (Å²) >= 11 is 1.45. The maximum atomic E-state index is 10.6. The topological polar surface area (TPSA) is 42.4 Å². The van der Waals surface area contributed by atoms with E-state index in [1.807, 2.05) is 17.5 Å². The number of ether oxygens (including phenoxy) is 1. The number of aromatic hydroxyl groups is 1. The molecule has 1 aromatic carbocycles. The van der Waals surface area contributed by atoms with Crippen LogP contribution < -0.4 is 4.74 Å². The standard InChI is InChI=1S/C17H23NO2S.ClH/c1-16(2,3)12-9-11(20-15-18-7-8-21-15)10-13(14(12)19)17(4,5)6;/h7-10,19H,1-6H3;1H. The van der Waals surface area contributed by atoms with Crippen LogP contribution in [0.2, 0.25) is 0 Å². The molecule has 2 rings (SSSR count). The molecule has 22 heavy (non-hydrogen) atoms. The third-order valence-electron chi connectivity index (χ3n) is 3.31. The minimum atomic E-state index is -0.160. The molecule has 3 nitrogen and oxygen atoms in total. The molecule has 0 saturated carbocycles. The molecule has 0 spiro atoms. The molecule has 1 heterocycles. The number of aromatic nitrogens is 1. The summed E-state index contributed by atoms with van der Waals surface area (Å²) in [5.41, 5.74) is 1.46. The van der Waals surface area contributed by atoms with Crippen LogP contribution in [0.1, 0.15) is 52.7 Å². The predicted octanol–water partition coefficient (Wildman–Crippen LogP) is 5.66. The van der Waals surface area contributed by atoms with Gasteiger partial charge >= 0.3 is 0 Å². The number of halogens is 1. The number of phenolic OH excluding ortho intramolecular Hbond substituents is 1. The second-order valence-electron chi connectivity index (χ2n) is 7.27. The second kappa shape index (κ2) is 6.47. The summed E-state index contributed by atoms with van der Waals surface area (Å²) in [6.45, 7) is 12.5. The third-order valence-corrected chi connectivity index (χ3v) is 3.96. The zero-order valence-electron chi connectivity index (χ0n) is 13.9. The summed E-state index contributed by atoms with van der Waals surface area (Å²) < 4.78 is 5.84. The Morgan fingerprint density at radius 1 is 1.00 bits per heavy atom. The van der Waals surface area contributed by atoms with Crippen molar-refractivity contribution in [2.24, 2.45) is 0 Å². The van der Waals surface area contributed by atoms with Crippen molar-refractivity contribution in [3.05, 3.63) is 34.8 Å². The highest BCUT2D eigenvalue weighted by atomic mass is 35.5. The molecule has 0 aliphatic rings. The molecule has 0 aliphatic carbocycles. The molecule has 2 aromatic rings. The quantitative estimate of drug-likeness (QED) is 0.766. The first-order chi connectivity index (χ1) is 9.59. The minimum Gasteiger partial charge on any atom is -0.507 e. The molecule has 0 unspecified atom stereocenters. The van der Waals surface area contributed by atoms with Crippen molar-refractivity contribution in [1.82, 2.24) is 4.98 Å². The van der Waals surface area contributed by atoms with Crippen LogP contribution in [0.3, 0.4) is 0 Å². The minimum absolute atomic E-state index is 0. The molecule has 0 amide bonds. The summed E-state index contributed by atoms with van der Waals surface area (Å²) in [7, 11) is 0. The Hall–Kier alpha value is -1.26. The Morgan fingerprint density at radius 3 is 1.86 bits per heavy atom. The van der Waals surface area contributed by atoms with Gasteiger partial charge in [-0.05, 0) is 23.0 Å². The van der Waals surface area contributed by atoms with E-state index < -0.39 is 0 Å². The molecule has 0 atom stereocenters. The summed E-state index contributed by atoms with van der Waals surface area (Å²) in [6, 6.07) is 3.82. The largest absolute Gasteiger partial charge is 0.507 e. The lowest BCUT2D eigenvalue weighted by Crippen LogP contribution is -2.17. The molecule has 1 N–H and O–H groups in total. The van der Waals surface area contributed by atoms with E-state index in [0.29, 0.717) is 10.9 Å². The van der Waals surface area contributed by atoms with Gasteiger partial charge in [0.05, 0.1) is 0 Å². The van der Waals surface area contributed by atoms with E-state index in [1.165, 1.54) is 11.3 Å². The van der Waals surface area contributed by atoms with Crippen molar-refractivity contribution in [2.45, 2.75) is 52.4 Å². The summed E-state index contributed by atoms with van der Waals surface area (Å²) in [4.78, 5) is 4.15. The number of benzene rings is 1. The molecular formula is C17H24ClNO2S. The van der Waals surface area contributed by atoms with Gasteiger partial charge in [-0.15, -0.1) is 12.4 Å². The molecule has 0 bridgehead atoms. The lowest BCUT2D eigenvalue weighted by Gasteiger charge is -2.27. The van der Waals surface area contributed by atoms with Gasteiger partial charge < -0.3 is 9.84 Å². The van der Waals surface area contributed by atoms with Gasteiger partial charge in [-0.25, -0.2) is 4.98 Å². The number of hydrogen-bond acceptors (Lipinski definition) is 4. The lowest BCUT2D eigenvalue weighted by molar-refractivity contribution is 0.414. The average Bonchev–Trinajstić information content (AvgIpc) is 2.81. The molecule has 0 saturated heterocycles. The van der Waals surface area contributed by atoms with Crippen molar-refractivity contribution in [3.63, 3.8) is 0 Å². The molecule has 0 radical (unpaired) electrons. The van der Waals surface area contributed by atoms with Gasteiger partial charge in [-0.2, -0.15) is 0 Å². The van der Waals surface area contributed by atoms with E-state index in [-0.39, 0.29) is 23.2 Å². The molecule has 0 fully saturated rings. The maximum Gasteiger partial charge on any atom is 0.278 e. The third kappa shape index (κ3) is 4.14. The van der Waals surface area contributed by atoms with Gasteiger partial charge in [0.15, 0.2) is 0 Å². The second-order valence-corrected chi connectivity index (χ2v) is 8.12. The van der Waals surface area contributed by atoms with Crippen LogP contribution in [0.5, 0.6) is 16.7 Å². The lowest BCUT2D eigenvalue weighted by atomic mass is 9.79. The van der Waals surface area contributed by atoms with Crippen molar-refractivity contribution in [1.29, 1.82) is 0 Å². The van der Waals surface area contributed by atoms with Gasteiger partial charge in [0.2, 0.25) is 0 Å². The highest BCUT2D eigenvalue weighted by molar-refractivity contribution is 7.11. The van der Waals surface area contributed by atoms with Crippen molar-refractivity contribution in [3.8, 4) is 16.7 Å². The van der Waals surface area contributed by atoms with Gasteiger partial charge in [-0.3, -0.25) is 0 Å². The first kappa shape index (κ1) is 18.8. The number of thiazole rings is 1. The first-order valence-corrected chi connectivity index (χ1v) is 7.92. The van der Waals surface area contributed by atoms with E-state index in [1.54, 1.807) is 6.20 Å². The highest BCUT2D eigenvalue weighted by Crippen LogP contribution is 2.42. The van der Waals surface area contributed by atoms with Crippen molar-refractivity contribution >= 4 is 23.7 Å². The van der Waals surface area contributed by atoms with Crippen LogP contribution in [0, 0.1) is 0 Å². The fourth-order valence-corrected chi connectivity index (χ4v) is 2.68. The maximum absolute atomic E-state index is 10.6. The van der Waals surface area contributed by atoms with Crippen LogP contribution >= 0.6 is 23.7 Å². The zero-order chi connectivity index (χ0) is 15.8. The monoisotopic (exact) mass is 341 g/mol. The van der Waals surface area contributed by atoms with E-state index in [2.05, 4.69) is 46.5 Å². The van der Waals surface area contributed by atoms with Gasteiger partial charge in [0, 0.05) is 22.7 Å². The number of hydrogen-bond donors (Lipinski definition) is 1. The Balaban J connectivity index is 0.00000242. The number of rotatable bonds is 2. The predicted molar refractivity (Wildman–Crippen MR) is 94.9 cm³/mol. The Kier molecular flexibility index (Phi) is 5.52. The van der Waals surface area contributed by atoms with E-state index in [9.17, 15) is 5.11 Å². The van der Waals surface area contributed by atoms with Crippen LogP contribution in [0.4, 0.5) is 0 Å². The fraction of sp³-hybridized carbons (Fsp3) is 0.471. The molecule has 5 heteroatoms. The smallest absolute Gasteiger partial charge is 0.278 e. The fourth-order valence-electron chi connectivity index (χ4n) is 2.17. The Morgan fingerprint density at radius 2 is 1.50 bits per heavy atom. The van der Waals surface area contributed by atoms with Gasteiger partial charge in [0.1, 0.15) is 11.5 Å². The van der Waals surface area contributed by atoms with E-state index >= 15 is 0 Å². The summed E-state index contributed by atoms with van der Waals surface area (Å²) in [5, 5.41) is 13.1. The van der Waals surface area contributed by atoms with Gasteiger partial charge in [0.25, 0.3) is 5.19 Å². The summed E-state index contributed by atoms with van der Waals surface area (Å²) in [5.74, 6) is 1.08. The number of nitrogens with zero attached hydrogens (tertiary/aromatic N) is 1. The highest BCUT2D eigenvalue weighted by Gasteiger charge is 2.27. The van der Waals surface area contributed by atoms with Crippen LogP contribution in [0.25, 0.3) is 0 Å². The number of phenols is 1. The van der Waals surface area contributed by atoms with E-state index in [4.69, 9.17) is 4.74 Å². The molecular weight excluding hydrogens is 318 g/mol. The normalized spacial score (nSPS) is 11.9. The van der Waals surface area contributed by atoms with Crippen molar-refractivity contribution < 1.29 is 9.84 Å². The van der Waals surface area contributed by atoms with E-state index in [0.717, 1.165) is 16.9 Å². The molecule has 122 valence electrons. The van der Waals surface area contributed by atoms with Crippen LogP contribution in [0.15, 0.2) is 23.7 Å². The first-order valence-electron chi connectivity index (χ1n) is 7.04. The van der Waals surface area contributed by atoms with Gasteiger partial charge in [-0.1, -0.05) is 52.9 Å². The molecule has 1 aromatic heterocycles. The zero-order valence-corrected chi connectivity index (χ0v) is 15.6. The van der Waals surface area contributed by atoms with Crippen molar-refractivity contribution in [2.75, 3.05) is 0 Å². The Bertz CT molecular complexity index is 590.